The lowest BCUT2D eigenvalue weighted by Crippen LogP contribution is -2.47. The van der Waals surface area contributed by atoms with Crippen LogP contribution in [0.25, 0.3) is 22.4 Å². The van der Waals surface area contributed by atoms with Crippen molar-refractivity contribution in [2.75, 3.05) is 44.2 Å². The molecule has 0 saturated carbocycles. The van der Waals surface area contributed by atoms with Crippen molar-refractivity contribution in [3.8, 4) is 28.1 Å². The number of rotatable bonds is 6. The summed E-state index contributed by atoms with van der Waals surface area (Å²) < 4.78 is 41.1. The fourth-order valence-electron chi connectivity index (χ4n) is 3.79. The lowest BCUT2D eigenvalue weighted by Gasteiger charge is -2.35. The van der Waals surface area contributed by atoms with Crippen LogP contribution in [0.3, 0.4) is 0 Å². The predicted molar refractivity (Wildman–Crippen MR) is 118 cm³/mol. The fourth-order valence-corrected chi connectivity index (χ4v) is 3.79. The average Bonchev–Trinajstić information content (AvgIpc) is 2.79. The van der Waals surface area contributed by atoms with Gasteiger partial charge in [0.1, 0.15) is 17.4 Å². The van der Waals surface area contributed by atoms with Gasteiger partial charge in [0.2, 0.25) is 0 Å². The maximum Gasteiger partial charge on any atom is 0.573 e. The number of hydrogen-bond acceptors (Lipinski definition) is 7. The van der Waals surface area contributed by atoms with Crippen LogP contribution in [-0.4, -0.2) is 70.7 Å². The number of pyridine rings is 1. The normalized spacial score (nSPS) is 15.0. The summed E-state index contributed by atoms with van der Waals surface area (Å²) in [5, 5.41) is 9.13. The fraction of sp³-hybridized carbons (Fsp3) is 0.348. The number of ether oxygens (including phenoxy) is 1. The minimum Gasteiger partial charge on any atom is -0.406 e. The number of aromatic nitrogens is 3. The molecule has 3 heterocycles. The summed E-state index contributed by atoms with van der Waals surface area (Å²) in [6.45, 7) is 5.97. The highest BCUT2D eigenvalue weighted by Gasteiger charge is 2.31. The molecule has 33 heavy (non-hydrogen) atoms. The van der Waals surface area contributed by atoms with E-state index in [-0.39, 0.29) is 12.4 Å². The summed E-state index contributed by atoms with van der Waals surface area (Å²) >= 11 is 0. The van der Waals surface area contributed by atoms with Gasteiger partial charge < -0.3 is 14.7 Å². The summed E-state index contributed by atoms with van der Waals surface area (Å²) in [4.78, 5) is 17.9. The maximum absolute atomic E-state index is 12.4. The van der Waals surface area contributed by atoms with Crippen LogP contribution in [0.4, 0.5) is 19.0 Å². The Bertz CT molecular complexity index is 1080. The Morgan fingerprint density at radius 2 is 1.64 bits per heavy atom. The lowest BCUT2D eigenvalue weighted by atomic mass is 10.0. The number of aliphatic hydroxyl groups is 1. The van der Waals surface area contributed by atoms with E-state index in [1.54, 1.807) is 24.5 Å². The van der Waals surface area contributed by atoms with E-state index in [0.717, 1.165) is 48.8 Å². The van der Waals surface area contributed by atoms with E-state index >= 15 is 0 Å². The third-order valence-electron chi connectivity index (χ3n) is 5.39. The first-order valence-electron chi connectivity index (χ1n) is 10.6. The average molecular weight is 459 g/mol. The first-order valence-corrected chi connectivity index (χ1v) is 10.6. The lowest BCUT2D eigenvalue weighted by molar-refractivity contribution is -0.274. The van der Waals surface area contributed by atoms with Crippen LogP contribution in [0, 0.1) is 6.92 Å². The summed E-state index contributed by atoms with van der Waals surface area (Å²) in [6, 6.07) is 9.50. The quantitative estimate of drug-likeness (QED) is 0.605. The Morgan fingerprint density at radius 3 is 2.30 bits per heavy atom. The van der Waals surface area contributed by atoms with Gasteiger partial charge in [0.25, 0.3) is 0 Å². The molecule has 0 atom stereocenters. The van der Waals surface area contributed by atoms with Gasteiger partial charge in [0.05, 0.1) is 12.3 Å². The van der Waals surface area contributed by atoms with E-state index in [4.69, 9.17) is 5.11 Å². The van der Waals surface area contributed by atoms with E-state index < -0.39 is 6.36 Å². The van der Waals surface area contributed by atoms with E-state index in [2.05, 4.69) is 29.5 Å². The van der Waals surface area contributed by atoms with Gasteiger partial charge in [-0.1, -0.05) is 12.1 Å². The van der Waals surface area contributed by atoms with Gasteiger partial charge in [0.15, 0.2) is 0 Å². The molecule has 174 valence electrons. The molecule has 1 N–H and O–H groups in total. The first kappa shape index (κ1) is 22.9. The van der Waals surface area contributed by atoms with Gasteiger partial charge >= 0.3 is 6.36 Å². The van der Waals surface area contributed by atoms with Gasteiger partial charge in [-0.15, -0.1) is 13.2 Å². The molecule has 0 radical (unpaired) electrons. The zero-order chi connectivity index (χ0) is 23.4. The Morgan fingerprint density at radius 1 is 0.939 bits per heavy atom. The standard InChI is InChI=1S/C23H24F3N5O2/c1-16-28-21(13-22(29-16)31-8-6-30(7-9-31)10-11-32)19-12-18(14-27-15-19)17-2-4-20(5-3-17)33-23(24,25)26/h2-5,12-15,32H,6-11H2,1H3. The van der Waals surface area contributed by atoms with Gasteiger partial charge in [-0.3, -0.25) is 9.88 Å². The molecule has 0 spiro atoms. The molecule has 1 fully saturated rings. The van der Waals surface area contributed by atoms with E-state index in [1.807, 2.05) is 19.1 Å². The number of halogens is 3. The third-order valence-corrected chi connectivity index (χ3v) is 5.39. The molecular formula is C23H24F3N5O2. The van der Waals surface area contributed by atoms with Crippen molar-refractivity contribution in [3.63, 3.8) is 0 Å². The van der Waals surface area contributed by atoms with Crippen molar-refractivity contribution in [3.05, 3.63) is 54.6 Å². The van der Waals surface area contributed by atoms with Crippen LogP contribution >= 0.6 is 0 Å². The summed E-state index contributed by atoms with van der Waals surface area (Å²) in [5.41, 5.74) is 2.97. The van der Waals surface area contributed by atoms with Crippen molar-refractivity contribution in [1.29, 1.82) is 0 Å². The Balaban J connectivity index is 1.55. The molecule has 4 rings (SSSR count). The molecule has 0 aliphatic carbocycles. The smallest absolute Gasteiger partial charge is 0.406 e. The maximum atomic E-state index is 12.4. The Hall–Kier alpha value is -3.24. The second-order valence-electron chi connectivity index (χ2n) is 7.75. The molecule has 1 aliphatic heterocycles. The zero-order valence-corrected chi connectivity index (χ0v) is 18.1. The Kier molecular flexibility index (Phi) is 6.75. The van der Waals surface area contributed by atoms with E-state index in [1.165, 1.54) is 12.1 Å². The molecule has 7 nitrogen and oxygen atoms in total. The summed E-state index contributed by atoms with van der Waals surface area (Å²) in [5.74, 6) is 1.20. The van der Waals surface area contributed by atoms with Crippen LogP contribution in [0.2, 0.25) is 0 Å². The highest BCUT2D eigenvalue weighted by molar-refractivity contribution is 5.71. The van der Waals surface area contributed by atoms with Crippen LogP contribution < -0.4 is 9.64 Å². The number of anilines is 1. The highest BCUT2D eigenvalue weighted by atomic mass is 19.4. The number of aliphatic hydroxyl groups excluding tert-OH is 1. The summed E-state index contributed by atoms with van der Waals surface area (Å²) in [7, 11) is 0. The number of benzene rings is 1. The molecule has 1 saturated heterocycles. The van der Waals surface area contributed by atoms with Crippen molar-refractivity contribution in [2.24, 2.45) is 0 Å². The number of nitrogens with zero attached hydrogens (tertiary/aromatic N) is 5. The molecule has 0 amide bonds. The van der Waals surface area contributed by atoms with Crippen LogP contribution in [0.1, 0.15) is 5.82 Å². The minimum atomic E-state index is -4.73. The monoisotopic (exact) mass is 459 g/mol. The van der Waals surface area contributed by atoms with Crippen LogP contribution in [0.5, 0.6) is 5.75 Å². The second-order valence-corrected chi connectivity index (χ2v) is 7.75. The number of piperazine rings is 1. The highest BCUT2D eigenvalue weighted by Crippen LogP contribution is 2.29. The van der Waals surface area contributed by atoms with Crippen molar-refractivity contribution in [1.82, 2.24) is 19.9 Å². The number of alkyl halides is 3. The summed E-state index contributed by atoms with van der Waals surface area (Å²) in [6.07, 6.45) is -1.37. The second kappa shape index (κ2) is 9.72. The number of hydrogen-bond donors (Lipinski definition) is 1. The number of β-amino-alcohol motifs (C(OH)–C–C–N with tert-alkyl or cyclic N) is 1. The van der Waals surface area contributed by atoms with Gasteiger partial charge in [-0.25, -0.2) is 9.97 Å². The van der Waals surface area contributed by atoms with Gasteiger partial charge in [0, 0.05) is 62.3 Å². The SMILES string of the molecule is Cc1nc(-c2cncc(-c3ccc(OC(F)(F)F)cc3)c2)cc(N2CCN(CCO)CC2)n1. The van der Waals surface area contributed by atoms with Gasteiger partial charge in [-0.05, 0) is 30.7 Å². The molecule has 0 bridgehead atoms. The van der Waals surface area contributed by atoms with Gasteiger partial charge in [-0.2, -0.15) is 0 Å². The predicted octanol–water partition coefficient (Wildman–Crippen LogP) is 3.53. The molecule has 0 unspecified atom stereocenters. The van der Waals surface area contributed by atoms with Crippen molar-refractivity contribution in [2.45, 2.75) is 13.3 Å². The molecular weight excluding hydrogens is 435 g/mol. The molecule has 2 aromatic heterocycles. The molecule has 10 heteroatoms. The van der Waals surface area contributed by atoms with Crippen molar-refractivity contribution < 1.29 is 23.0 Å². The Labute approximate surface area is 189 Å². The largest absolute Gasteiger partial charge is 0.573 e. The van der Waals surface area contributed by atoms with E-state index in [9.17, 15) is 13.2 Å². The molecule has 1 aliphatic rings. The molecule has 3 aromatic rings. The van der Waals surface area contributed by atoms with Crippen LogP contribution in [0.15, 0.2) is 48.8 Å². The molecule has 1 aromatic carbocycles. The first-order chi connectivity index (χ1) is 15.8. The van der Waals surface area contributed by atoms with E-state index in [0.29, 0.717) is 17.9 Å². The zero-order valence-electron chi connectivity index (χ0n) is 18.1. The minimum absolute atomic E-state index is 0.151. The topological polar surface area (TPSA) is 74.6 Å². The third kappa shape index (κ3) is 5.96. The van der Waals surface area contributed by atoms with Crippen LogP contribution in [-0.2, 0) is 0 Å². The van der Waals surface area contributed by atoms with Crippen molar-refractivity contribution >= 4 is 5.82 Å². The number of aryl methyl sites for hydroxylation is 1.